The van der Waals surface area contributed by atoms with Crippen molar-refractivity contribution in [3.8, 4) is 11.4 Å². The van der Waals surface area contributed by atoms with Crippen LogP contribution in [0, 0.1) is 0 Å². The van der Waals surface area contributed by atoms with E-state index in [2.05, 4.69) is 15.0 Å². The molecule has 0 atom stereocenters. The van der Waals surface area contributed by atoms with Crippen molar-refractivity contribution in [2.45, 2.75) is 4.90 Å². The number of fused-ring (bicyclic) bond motifs is 1. The Balaban J connectivity index is 2.07. The van der Waals surface area contributed by atoms with Gasteiger partial charge in [-0.2, -0.15) is 0 Å². The van der Waals surface area contributed by atoms with Crippen molar-refractivity contribution in [3.05, 3.63) is 42.7 Å². The van der Waals surface area contributed by atoms with Gasteiger partial charge in [-0.05, 0) is 30.3 Å². The number of imidazole rings is 1. The van der Waals surface area contributed by atoms with E-state index in [4.69, 9.17) is 0 Å². The van der Waals surface area contributed by atoms with E-state index in [1.165, 1.54) is 6.26 Å². The number of aromatic amines is 1. The second-order valence-corrected chi connectivity index (χ2v) is 6.29. The molecule has 0 saturated carbocycles. The summed E-state index contributed by atoms with van der Waals surface area (Å²) < 4.78 is 22.8. The molecule has 0 aliphatic carbocycles. The largest absolute Gasteiger partial charge is 0.338 e. The molecular formula is C13H11N3O2S. The summed E-state index contributed by atoms with van der Waals surface area (Å²) in [6.45, 7) is 0. The molecule has 96 valence electrons. The minimum absolute atomic E-state index is 0.300. The van der Waals surface area contributed by atoms with E-state index in [1.54, 1.807) is 36.7 Å². The van der Waals surface area contributed by atoms with Crippen LogP contribution in [0.1, 0.15) is 0 Å². The van der Waals surface area contributed by atoms with E-state index < -0.39 is 9.84 Å². The Bertz CT molecular complexity index is 803. The second-order valence-electron chi connectivity index (χ2n) is 4.27. The maximum atomic E-state index is 11.4. The molecule has 0 radical (unpaired) electrons. The number of rotatable bonds is 2. The van der Waals surface area contributed by atoms with Crippen LogP contribution in [-0.4, -0.2) is 29.6 Å². The van der Waals surface area contributed by atoms with Gasteiger partial charge < -0.3 is 4.98 Å². The Kier molecular flexibility index (Phi) is 2.60. The zero-order valence-electron chi connectivity index (χ0n) is 10.2. The summed E-state index contributed by atoms with van der Waals surface area (Å²) in [5.74, 6) is 0.697. The lowest BCUT2D eigenvalue weighted by atomic mass is 10.2. The second kappa shape index (κ2) is 4.17. The molecule has 0 spiro atoms. The van der Waals surface area contributed by atoms with Crippen LogP contribution >= 0.6 is 0 Å². The lowest BCUT2D eigenvalue weighted by Crippen LogP contribution is -1.96. The Hall–Kier alpha value is -2.21. The Morgan fingerprint density at radius 1 is 1.11 bits per heavy atom. The summed E-state index contributed by atoms with van der Waals surface area (Å²) in [5, 5.41) is 0. The first-order valence-electron chi connectivity index (χ1n) is 5.64. The minimum atomic E-state index is -3.17. The van der Waals surface area contributed by atoms with Gasteiger partial charge in [0.05, 0.1) is 16.6 Å². The third-order valence-electron chi connectivity index (χ3n) is 2.84. The number of hydrogen-bond donors (Lipinski definition) is 1. The molecule has 0 amide bonds. The highest BCUT2D eigenvalue weighted by Gasteiger charge is 2.09. The number of aromatic nitrogens is 3. The zero-order valence-corrected chi connectivity index (χ0v) is 11.0. The summed E-state index contributed by atoms with van der Waals surface area (Å²) >= 11 is 0. The van der Waals surface area contributed by atoms with E-state index in [0.717, 1.165) is 16.6 Å². The molecule has 1 N–H and O–H groups in total. The lowest BCUT2D eigenvalue weighted by molar-refractivity contribution is 0.602. The van der Waals surface area contributed by atoms with E-state index in [1.807, 2.05) is 6.07 Å². The SMILES string of the molecule is CS(=O)(=O)c1ccc(-c2nc3cnccc3[nH]2)cc1. The maximum absolute atomic E-state index is 11.4. The van der Waals surface area contributed by atoms with Crippen molar-refractivity contribution in [3.63, 3.8) is 0 Å². The molecule has 0 bridgehead atoms. The van der Waals surface area contributed by atoms with Crippen LogP contribution < -0.4 is 0 Å². The number of nitrogens with one attached hydrogen (secondary N) is 1. The molecule has 0 aliphatic rings. The topological polar surface area (TPSA) is 75.7 Å². The van der Waals surface area contributed by atoms with Gasteiger partial charge in [0.2, 0.25) is 0 Å². The number of sulfone groups is 1. The van der Waals surface area contributed by atoms with E-state index in [-0.39, 0.29) is 0 Å². The highest BCUT2D eigenvalue weighted by atomic mass is 32.2. The van der Waals surface area contributed by atoms with Crippen LogP contribution in [0.4, 0.5) is 0 Å². The summed E-state index contributed by atoms with van der Waals surface area (Å²) in [6.07, 6.45) is 4.56. The van der Waals surface area contributed by atoms with Crippen LogP contribution in [-0.2, 0) is 9.84 Å². The highest BCUT2D eigenvalue weighted by Crippen LogP contribution is 2.21. The normalized spacial score (nSPS) is 11.8. The van der Waals surface area contributed by atoms with Crippen LogP contribution in [0.3, 0.4) is 0 Å². The van der Waals surface area contributed by atoms with Gasteiger partial charge in [0.15, 0.2) is 9.84 Å². The van der Waals surface area contributed by atoms with E-state index >= 15 is 0 Å². The van der Waals surface area contributed by atoms with E-state index in [0.29, 0.717) is 10.7 Å². The van der Waals surface area contributed by atoms with Gasteiger partial charge in [-0.3, -0.25) is 4.98 Å². The molecule has 2 heterocycles. The summed E-state index contributed by atoms with van der Waals surface area (Å²) in [4.78, 5) is 11.9. The number of H-pyrrole nitrogens is 1. The smallest absolute Gasteiger partial charge is 0.175 e. The van der Waals surface area contributed by atoms with Crippen LogP contribution in [0.25, 0.3) is 22.4 Å². The standard InChI is InChI=1S/C13H11N3O2S/c1-19(17,18)10-4-2-9(3-5-10)13-15-11-6-7-14-8-12(11)16-13/h2-8H,1H3,(H,15,16). The Morgan fingerprint density at radius 3 is 2.47 bits per heavy atom. The van der Waals surface area contributed by atoms with Gasteiger partial charge in [-0.15, -0.1) is 0 Å². The number of nitrogens with zero attached hydrogens (tertiary/aromatic N) is 2. The maximum Gasteiger partial charge on any atom is 0.175 e. The quantitative estimate of drug-likeness (QED) is 0.775. The third kappa shape index (κ3) is 2.22. The number of pyridine rings is 1. The number of hydrogen-bond acceptors (Lipinski definition) is 4. The average molecular weight is 273 g/mol. The summed E-state index contributed by atoms with van der Waals surface area (Å²) in [5.41, 5.74) is 2.52. The predicted octanol–water partition coefficient (Wildman–Crippen LogP) is 2.03. The molecule has 0 aliphatic heterocycles. The average Bonchev–Trinajstić information content (AvgIpc) is 2.81. The molecule has 5 nitrogen and oxygen atoms in total. The summed E-state index contributed by atoms with van der Waals surface area (Å²) in [7, 11) is -3.17. The zero-order chi connectivity index (χ0) is 13.5. The predicted molar refractivity (Wildman–Crippen MR) is 72.4 cm³/mol. The highest BCUT2D eigenvalue weighted by molar-refractivity contribution is 7.90. The molecule has 3 rings (SSSR count). The van der Waals surface area contributed by atoms with E-state index in [9.17, 15) is 8.42 Å². The van der Waals surface area contributed by atoms with Crippen LogP contribution in [0.2, 0.25) is 0 Å². The molecule has 0 unspecified atom stereocenters. The molecule has 19 heavy (non-hydrogen) atoms. The fourth-order valence-electron chi connectivity index (χ4n) is 1.85. The Morgan fingerprint density at radius 2 is 1.84 bits per heavy atom. The molecule has 0 fully saturated rings. The molecule has 3 aromatic rings. The van der Waals surface area contributed by atoms with Gasteiger partial charge in [0.25, 0.3) is 0 Å². The van der Waals surface area contributed by atoms with Crippen molar-refractivity contribution in [1.29, 1.82) is 0 Å². The van der Waals surface area contributed by atoms with Crippen molar-refractivity contribution in [2.24, 2.45) is 0 Å². The van der Waals surface area contributed by atoms with Crippen molar-refractivity contribution < 1.29 is 8.42 Å². The molecular weight excluding hydrogens is 262 g/mol. The Labute approximate surface area is 110 Å². The van der Waals surface area contributed by atoms with Crippen LogP contribution in [0.5, 0.6) is 0 Å². The molecule has 6 heteroatoms. The monoisotopic (exact) mass is 273 g/mol. The summed E-state index contributed by atoms with van der Waals surface area (Å²) in [6, 6.07) is 8.48. The van der Waals surface area contributed by atoms with Gasteiger partial charge in [-0.25, -0.2) is 13.4 Å². The fraction of sp³-hybridized carbons (Fsp3) is 0.0769. The molecule has 0 saturated heterocycles. The van der Waals surface area contributed by atoms with Crippen molar-refractivity contribution >= 4 is 20.9 Å². The molecule has 2 aromatic heterocycles. The first kappa shape index (κ1) is 11.9. The molecule has 1 aromatic carbocycles. The third-order valence-corrected chi connectivity index (χ3v) is 3.97. The lowest BCUT2D eigenvalue weighted by Gasteiger charge is -1.99. The van der Waals surface area contributed by atoms with Gasteiger partial charge >= 0.3 is 0 Å². The number of benzene rings is 1. The minimum Gasteiger partial charge on any atom is -0.338 e. The van der Waals surface area contributed by atoms with Crippen LogP contribution in [0.15, 0.2) is 47.6 Å². The van der Waals surface area contributed by atoms with Gasteiger partial charge in [0, 0.05) is 18.0 Å². The first-order chi connectivity index (χ1) is 9.04. The van der Waals surface area contributed by atoms with Crippen molar-refractivity contribution in [1.82, 2.24) is 15.0 Å². The van der Waals surface area contributed by atoms with Gasteiger partial charge in [-0.1, -0.05) is 0 Å². The van der Waals surface area contributed by atoms with Gasteiger partial charge in [0.1, 0.15) is 11.3 Å². The van der Waals surface area contributed by atoms with Crippen molar-refractivity contribution in [2.75, 3.05) is 6.26 Å². The first-order valence-corrected chi connectivity index (χ1v) is 7.53. The fourth-order valence-corrected chi connectivity index (χ4v) is 2.48.